The smallest absolute Gasteiger partial charge is 0.159 e. The van der Waals surface area contributed by atoms with Crippen LogP contribution in [0.25, 0.3) is 0 Å². The van der Waals surface area contributed by atoms with Gasteiger partial charge in [-0.15, -0.1) is 0 Å². The van der Waals surface area contributed by atoms with Crippen LogP contribution in [0.1, 0.15) is 13.3 Å². The minimum atomic E-state index is 0.168. The molecule has 0 aliphatic carbocycles. The van der Waals surface area contributed by atoms with Crippen molar-refractivity contribution in [3.8, 4) is 0 Å². The zero-order chi connectivity index (χ0) is 12.0. The topological polar surface area (TPSA) is 87.3 Å². The monoisotopic (exact) mass is 289 g/mol. The zero-order valence-corrected chi connectivity index (χ0v) is 10.7. The average molecular weight is 290 g/mol. The first kappa shape index (κ1) is 13.1. The van der Waals surface area contributed by atoms with Crippen molar-refractivity contribution in [2.45, 2.75) is 13.3 Å². The van der Waals surface area contributed by atoms with E-state index >= 15 is 0 Å². The number of anilines is 2. The summed E-state index contributed by atoms with van der Waals surface area (Å²) in [5, 5.41) is 8.82. The van der Waals surface area contributed by atoms with Crippen molar-refractivity contribution in [1.29, 1.82) is 0 Å². The Morgan fingerprint density at radius 3 is 2.88 bits per heavy atom. The fraction of sp³-hybridized carbons (Fsp3) is 0.556. The van der Waals surface area contributed by atoms with Crippen LogP contribution in [0, 0.1) is 0 Å². The molecule has 0 amide bonds. The zero-order valence-electron chi connectivity index (χ0n) is 9.15. The van der Waals surface area contributed by atoms with E-state index in [-0.39, 0.29) is 6.61 Å². The molecule has 1 aromatic heterocycles. The van der Waals surface area contributed by atoms with E-state index in [0.717, 1.165) is 23.4 Å². The number of nitrogens with zero attached hydrogens (tertiary/aromatic N) is 3. The largest absolute Gasteiger partial charge is 0.396 e. The highest BCUT2D eigenvalue weighted by Crippen LogP contribution is 2.28. The third-order valence-corrected chi connectivity index (χ3v) is 2.91. The van der Waals surface area contributed by atoms with E-state index in [1.54, 1.807) is 0 Å². The number of rotatable bonds is 6. The third-order valence-electron chi connectivity index (χ3n) is 2.18. The second-order valence-corrected chi connectivity index (χ2v) is 3.95. The minimum Gasteiger partial charge on any atom is -0.396 e. The molecule has 16 heavy (non-hydrogen) atoms. The van der Waals surface area contributed by atoms with Crippen molar-refractivity contribution in [3.05, 3.63) is 10.8 Å². The van der Waals surface area contributed by atoms with Crippen LogP contribution in [-0.4, -0.2) is 34.8 Å². The lowest BCUT2D eigenvalue weighted by atomic mass is 10.3. The molecule has 1 aromatic rings. The van der Waals surface area contributed by atoms with Crippen LogP contribution in [0.3, 0.4) is 0 Å². The molecular weight excluding hydrogens is 274 g/mol. The summed E-state index contributed by atoms with van der Waals surface area (Å²) in [6.45, 7) is 3.74. The Kier molecular flexibility index (Phi) is 5.44. The molecule has 1 heterocycles. The minimum absolute atomic E-state index is 0.168. The molecule has 0 saturated carbocycles. The van der Waals surface area contributed by atoms with E-state index < -0.39 is 0 Å². The molecular formula is C9H16BrN5O. The Bertz CT molecular complexity index is 336. The molecule has 0 bridgehead atoms. The Morgan fingerprint density at radius 2 is 2.31 bits per heavy atom. The summed E-state index contributed by atoms with van der Waals surface area (Å²) in [7, 11) is 0. The molecule has 0 aromatic carbocycles. The van der Waals surface area contributed by atoms with Crippen LogP contribution < -0.4 is 16.2 Å². The first-order valence-corrected chi connectivity index (χ1v) is 5.86. The maximum Gasteiger partial charge on any atom is 0.159 e. The Hall–Kier alpha value is -0.920. The van der Waals surface area contributed by atoms with E-state index in [4.69, 9.17) is 10.9 Å². The number of nitrogens with one attached hydrogen (secondary N) is 1. The van der Waals surface area contributed by atoms with E-state index in [9.17, 15) is 0 Å². The van der Waals surface area contributed by atoms with Gasteiger partial charge in [-0.05, 0) is 29.3 Å². The van der Waals surface area contributed by atoms with Crippen LogP contribution in [0.15, 0.2) is 10.8 Å². The number of hydrazine groups is 1. The van der Waals surface area contributed by atoms with Crippen molar-refractivity contribution in [3.63, 3.8) is 0 Å². The molecule has 0 unspecified atom stereocenters. The summed E-state index contributed by atoms with van der Waals surface area (Å²) < 4.78 is 0.734. The van der Waals surface area contributed by atoms with Gasteiger partial charge in [0, 0.05) is 19.7 Å². The number of aliphatic hydroxyl groups excluding tert-OH is 1. The lowest BCUT2D eigenvalue weighted by molar-refractivity contribution is 0.289. The molecule has 0 atom stereocenters. The lowest BCUT2D eigenvalue weighted by Gasteiger charge is -2.23. The summed E-state index contributed by atoms with van der Waals surface area (Å²) >= 11 is 3.40. The van der Waals surface area contributed by atoms with Crippen LogP contribution in [0.2, 0.25) is 0 Å². The van der Waals surface area contributed by atoms with Gasteiger partial charge in [-0.25, -0.2) is 15.8 Å². The third kappa shape index (κ3) is 3.03. The van der Waals surface area contributed by atoms with Crippen LogP contribution in [-0.2, 0) is 0 Å². The van der Waals surface area contributed by atoms with Crippen LogP contribution in [0.5, 0.6) is 0 Å². The molecule has 0 aliphatic heterocycles. The fourth-order valence-corrected chi connectivity index (χ4v) is 1.93. The van der Waals surface area contributed by atoms with Crippen molar-refractivity contribution in [2.75, 3.05) is 30.0 Å². The quantitative estimate of drug-likeness (QED) is 0.529. The highest BCUT2D eigenvalue weighted by atomic mass is 79.9. The van der Waals surface area contributed by atoms with E-state index in [0.29, 0.717) is 12.2 Å². The van der Waals surface area contributed by atoms with E-state index in [1.807, 2.05) is 11.8 Å². The maximum absolute atomic E-state index is 8.82. The highest BCUT2D eigenvalue weighted by Gasteiger charge is 2.13. The number of aliphatic hydroxyl groups is 1. The van der Waals surface area contributed by atoms with E-state index in [2.05, 4.69) is 31.3 Å². The van der Waals surface area contributed by atoms with Gasteiger partial charge >= 0.3 is 0 Å². The molecule has 0 saturated heterocycles. The lowest BCUT2D eigenvalue weighted by Crippen LogP contribution is -2.26. The van der Waals surface area contributed by atoms with Gasteiger partial charge in [0.15, 0.2) is 5.82 Å². The van der Waals surface area contributed by atoms with Gasteiger partial charge in [0.1, 0.15) is 16.6 Å². The van der Waals surface area contributed by atoms with Crippen molar-refractivity contribution >= 4 is 27.6 Å². The van der Waals surface area contributed by atoms with Crippen molar-refractivity contribution in [1.82, 2.24) is 9.97 Å². The number of nitrogens with two attached hydrogens (primary N) is 1. The van der Waals surface area contributed by atoms with Crippen LogP contribution >= 0.6 is 15.9 Å². The SMILES string of the molecule is CCN(CCCO)c1ncnc(NN)c1Br. The number of hydrogen-bond donors (Lipinski definition) is 3. The Labute approximate surface area is 103 Å². The molecule has 90 valence electrons. The molecule has 4 N–H and O–H groups in total. The van der Waals surface area contributed by atoms with Gasteiger partial charge in [-0.1, -0.05) is 0 Å². The first-order chi connectivity index (χ1) is 7.74. The summed E-state index contributed by atoms with van der Waals surface area (Å²) in [5.41, 5.74) is 2.50. The first-order valence-electron chi connectivity index (χ1n) is 5.07. The van der Waals surface area contributed by atoms with Crippen LogP contribution in [0.4, 0.5) is 11.6 Å². The fourth-order valence-electron chi connectivity index (χ4n) is 1.36. The number of nitrogen functional groups attached to an aromatic ring is 1. The molecule has 0 fully saturated rings. The highest BCUT2D eigenvalue weighted by molar-refractivity contribution is 9.10. The van der Waals surface area contributed by atoms with Gasteiger partial charge in [-0.3, -0.25) is 0 Å². The number of hydrogen-bond acceptors (Lipinski definition) is 6. The molecule has 6 nitrogen and oxygen atoms in total. The predicted octanol–water partition coefficient (Wildman–Crippen LogP) is 0.733. The van der Waals surface area contributed by atoms with Crippen molar-refractivity contribution in [2.24, 2.45) is 5.84 Å². The Balaban J connectivity index is 2.91. The second-order valence-electron chi connectivity index (χ2n) is 3.16. The normalized spacial score (nSPS) is 10.2. The molecule has 0 spiro atoms. The Morgan fingerprint density at radius 1 is 1.56 bits per heavy atom. The summed E-state index contributed by atoms with van der Waals surface area (Å²) in [6.07, 6.45) is 2.16. The van der Waals surface area contributed by atoms with Gasteiger partial charge < -0.3 is 15.4 Å². The molecule has 7 heteroatoms. The van der Waals surface area contributed by atoms with Gasteiger partial charge in [0.2, 0.25) is 0 Å². The standard InChI is InChI=1S/C9H16BrN5O/c1-2-15(4-3-5-16)9-7(10)8(14-11)12-6-13-9/h6,16H,2-5,11H2,1H3,(H,12,13,14). The van der Waals surface area contributed by atoms with Gasteiger partial charge in [0.05, 0.1) is 0 Å². The maximum atomic E-state index is 8.82. The van der Waals surface area contributed by atoms with E-state index in [1.165, 1.54) is 6.33 Å². The number of aromatic nitrogens is 2. The summed E-state index contributed by atoms with van der Waals surface area (Å²) in [5.74, 6) is 6.66. The summed E-state index contributed by atoms with van der Waals surface area (Å²) in [6, 6.07) is 0. The second kappa shape index (κ2) is 6.62. The molecule has 0 radical (unpaired) electrons. The van der Waals surface area contributed by atoms with Crippen molar-refractivity contribution < 1.29 is 5.11 Å². The van der Waals surface area contributed by atoms with Gasteiger partial charge in [-0.2, -0.15) is 0 Å². The predicted molar refractivity (Wildman–Crippen MR) is 67.1 cm³/mol. The molecule has 1 rings (SSSR count). The number of halogens is 1. The summed E-state index contributed by atoms with van der Waals surface area (Å²) in [4.78, 5) is 10.2. The average Bonchev–Trinajstić information content (AvgIpc) is 2.32. The van der Waals surface area contributed by atoms with Gasteiger partial charge in [0.25, 0.3) is 0 Å². The molecule has 0 aliphatic rings.